The Labute approximate surface area is 187 Å². The first-order chi connectivity index (χ1) is 15.0. The van der Waals surface area contributed by atoms with Gasteiger partial charge in [-0.15, -0.1) is 0 Å². The Morgan fingerprint density at radius 3 is 2.65 bits per heavy atom. The molecule has 31 heavy (non-hydrogen) atoms. The van der Waals surface area contributed by atoms with E-state index >= 15 is 0 Å². The molecule has 0 unspecified atom stereocenters. The van der Waals surface area contributed by atoms with Crippen molar-refractivity contribution in [3.63, 3.8) is 0 Å². The minimum atomic E-state index is -0.494. The van der Waals surface area contributed by atoms with Gasteiger partial charge in [-0.05, 0) is 55.5 Å². The van der Waals surface area contributed by atoms with Crippen molar-refractivity contribution in [3.05, 3.63) is 58.9 Å². The molecular weight excluding hydrogens is 416 g/mol. The largest absolute Gasteiger partial charge is 0.464 e. The maximum absolute atomic E-state index is 13.1. The fourth-order valence-corrected chi connectivity index (χ4v) is 4.99. The van der Waals surface area contributed by atoms with Crippen LogP contribution in [0.5, 0.6) is 0 Å². The van der Waals surface area contributed by atoms with E-state index in [0.717, 1.165) is 30.7 Å². The number of pyridine rings is 1. The van der Waals surface area contributed by atoms with Crippen LogP contribution in [0.3, 0.4) is 0 Å². The number of rotatable bonds is 5. The number of hydrogen-bond acceptors (Lipinski definition) is 5. The second-order valence-electron chi connectivity index (χ2n) is 8.25. The molecule has 164 valence electrons. The maximum Gasteiger partial charge on any atom is 0.356 e. The Hall–Kier alpha value is -2.64. The van der Waals surface area contributed by atoms with E-state index in [4.69, 9.17) is 17.3 Å². The van der Waals surface area contributed by atoms with Gasteiger partial charge >= 0.3 is 12.0 Å². The van der Waals surface area contributed by atoms with Crippen LogP contribution < -0.4 is 10.6 Å². The summed E-state index contributed by atoms with van der Waals surface area (Å²) in [6, 6.07) is 11.5. The van der Waals surface area contributed by atoms with Gasteiger partial charge in [0.2, 0.25) is 0 Å². The second-order valence-corrected chi connectivity index (χ2v) is 8.68. The van der Waals surface area contributed by atoms with Crippen LogP contribution in [0, 0.1) is 0 Å². The van der Waals surface area contributed by atoms with Crippen molar-refractivity contribution in [2.24, 2.45) is 5.73 Å². The van der Waals surface area contributed by atoms with Crippen LogP contribution in [0.25, 0.3) is 0 Å². The summed E-state index contributed by atoms with van der Waals surface area (Å²) in [6.07, 6.45) is 5.21. The molecule has 0 spiro atoms. The SMILES string of the molecule is COC(=O)c1ccc(N2CCN([C@H]3CC[C@](CN)(c4cccc(Cl)c4)CC3)C2=O)cn1. The highest BCUT2D eigenvalue weighted by Gasteiger charge is 2.41. The van der Waals surface area contributed by atoms with Gasteiger partial charge in [0.25, 0.3) is 0 Å². The average Bonchev–Trinajstić information content (AvgIpc) is 3.20. The van der Waals surface area contributed by atoms with Crippen molar-refractivity contribution in [1.82, 2.24) is 9.88 Å². The van der Waals surface area contributed by atoms with E-state index in [-0.39, 0.29) is 23.2 Å². The summed E-state index contributed by atoms with van der Waals surface area (Å²) < 4.78 is 4.68. The third-order valence-electron chi connectivity index (χ3n) is 6.68. The summed E-state index contributed by atoms with van der Waals surface area (Å²) in [6.45, 7) is 1.85. The lowest BCUT2D eigenvalue weighted by atomic mass is 9.68. The van der Waals surface area contributed by atoms with Crippen LogP contribution >= 0.6 is 11.6 Å². The van der Waals surface area contributed by atoms with E-state index in [1.54, 1.807) is 23.2 Å². The minimum absolute atomic E-state index is 0.0133. The Morgan fingerprint density at radius 2 is 2.03 bits per heavy atom. The number of carbonyl (C=O) groups excluding carboxylic acids is 2. The summed E-state index contributed by atoms with van der Waals surface area (Å²) in [4.78, 5) is 32.5. The number of nitrogens with two attached hydrogens (primary N) is 1. The van der Waals surface area contributed by atoms with E-state index < -0.39 is 5.97 Å². The molecule has 0 radical (unpaired) electrons. The highest BCUT2D eigenvalue weighted by atomic mass is 35.5. The van der Waals surface area contributed by atoms with Gasteiger partial charge in [0.15, 0.2) is 0 Å². The van der Waals surface area contributed by atoms with Crippen LogP contribution in [-0.4, -0.2) is 54.7 Å². The summed E-state index contributed by atoms with van der Waals surface area (Å²) in [5.41, 5.74) is 8.23. The predicted molar refractivity (Wildman–Crippen MR) is 119 cm³/mol. The summed E-state index contributed by atoms with van der Waals surface area (Å²) in [7, 11) is 1.32. The molecule has 2 aromatic rings. The van der Waals surface area contributed by atoms with Crippen molar-refractivity contribution in [2.75, 3.05) is 31.6 Å². The van der Waals surface area contributed by atoms with Gasteiger partial charge in [-0.1, -0.05) is 23.7 Å². The lowest BCUT2D eigenvalue weighted by Crippen LogP contribution is -2.46. The Morgan fingerprint density at radius 1 is 1.26 bits per heavy atom. The molecule has 1 aliphatic carbocycles. The second kappa shape index (κ2) is 8.85. The number of methoxy groups -OCH3 is 1. The Kier molecular flexibility index (Phi) is 6.16. The van der Waals surface area contributed by atoms with Crippen molar-refractivity contribution >= 4 is 29.3 Å². The topological polar surface area (TPSA) is 88.8 Å². The molecule has 1 aliphatic heterocycles. The number of aromatic nitrogens is 1. The molecule has 2 heterocycles. The molecule has 1 aromatic heterocycles. The highest BCUT2D eigenvalue weighted by molar-refractivity contribution is 6.30. The fraction of sp³-hybridized carbons (Fsp3) is 0.435. The fourth-order valence-electron chi connectivity index (χ4n) is 4.80. The molecule has 7 nitrogen and oxygen atoms in total. The number of nitrogens with zero attached hydrogens (tertiary/aromatic N) is 3. The van der Waals surface area contributed by atoms with Crippen molar-refractivity contribution in [1.29, 1.82) is 0 Å². The summed E-state index contributed by atoms with van der Waals surface area (Å²) >= 11 is 6.21. The first kappa shape index (κ1) is 21.6. The van der Waals surface area contributed by atoms with E-state index in [9.17, 15) is 9.59 Å². The number of carbonyl (C=O) groups is 2. The number of benzene rings is 1. The molecule has 4 rings (SSSR count). The number of ether oxygens (including phenoxy) is 1. The Balaban J connectivity index is 1.43. The van der Waals surface area contributed by atoms with Crippen molar-refractivity contribution < 1.29 is 14.3 Å². The smallest absolute Gasteiger partial charge is 0.356 e. The zero-order chi connectivity index (χ0) is 22.0. The number of amides is 2. The van der Waals surface area contributed by atoms with E-state index in [0.29, 0.717) is 25.3 Å². The third kappa shape index (κ3) is 4.12. The number of esters is 1. The lowest BCUT2D eigenvalue weighted by molar-refractivity contribution is 0.0594. The quantitative estimate of drug-likeness (QED) is 0.714. The van der Waals surface area contributed by atoms with Gasteiger partial charge in [0, 0.05) is 36.1 Å². The van der Waals surface area contributed by atoms with Gasteiger partial charge in [0.1, 0.15) is 5.69 Å². The molecule has 2 amide bonds. The average molecular weight is 443 g/mol. The van der Waals surface area contributed by atoms with Crippen LogP contribution in [-0.2, 0) is 10.2 Å². The Bertz CT molecular complexity index is 958. The highest BCUT2D eigenvalue weighted by Crippen LogP contribution is 2.41. The molecule has 0 bridgehead atoms. The van der Waals surface area contributed by atoms with Crippen LogP contribution in [0.1, 0.15) is 41.7 Å². The monoisotopic (exact) mass is 442 g/mol. The summed E-state index contributed by atoms with van der Waals surface area (Å²) in [5, 5.41) is 0.727. The van der Waals surface area contributed by atoms with Crippen LogP contribution in [0.2, 0.25) is 5.02 Å². The third-order valence-corrected chi connectivity index (χ3v) is 6.91. The zero-order valence-electron chi connectivity index (χ0n) is 17.6. The van der Waals surface area contributed by atoms with Gasteiger partial charge in [-0.3, -0.25) is 4.90 Å². The first-order valence-electron chi connectivity index (χ1n) is 10.6. The van der Waals surface area contributed by atoms with E-state index in [2.05, 4.69) is 15.8 Å². The maximum atomic E-state index is 13.1. The molecule has 1 saturated heterocycles. The lowest BCUT2D eigenvalue weighted by Gasteiger charge is -2.42. The van der Waals surface area contributed by atoms with Crippen LogP contribution in [0.15, 0.2) is 42.6 Å². The zero-order valence-corrected chi connectivity index (χ0v) is 18.3. The molecule has 8 heteroatoms. The van der Waals surface area contributed by atoms with Gasteiger partial charge in [0.05, 0.1) is 19.0 Å². The van der Waals surface area contributed by atoms with Gasteiger partial charge < -0.3 is 15.4 Å². The normalized spacial score (nSPS) is 23.8. The molecule has 2 N–H and O–H groups in total. The van der Waals surface area contributed by atoms with Crippen molar-refractivity contribution in [3.8, 4) is 0 Å². The number of anilines is 1. The number of urea groups is 1. The predicted octanol–water partition coefficient (Wildman–Crippen LogP) is 3.60. The summed E-state index contributed by atoms with van der Waals surface area (Å²) in [5.74, 6) is -0.494. The molecule has 0 atom stereocenters. The van der Waals surface area contributed by atoms with E-state index in [1.165, 1.54) is 12.7 Å². The van der Waals surface area contributed by atoms with E-state index in [1.807, 2.05) is 23.1 Å². The standard InChI is InChI=1S/C23H27ClN4O3/c1-31-21(29)20-6-5-19(14-26-20)28-12-11-27(22(28)30)18-7-9-23(15-25,10-8-18)16-3-2-4-17(24)13-16/h2-6,13-14,18H,7-12,15,25H2,1H3/t18-,23-. The van der Waals surface area contributed by atoms with Gasteiger partial charge in [-0.2, -0.15) is 0 Å². The molecular formula is C23H27ClN4O3. The number of halogens is 1. The molecule has 1 aromatic carbocycles. The van der Waals surface area contributed by atoms with Crippen LogP contribution in [0.4, 0.5) is 10.5 Å². The van der Waals surface area contributed by atoms with Gasteiger partial charge in [-0.25, -0.2) is 14.6 Å². The molecule has 2 fully saturated rings. The van der Waals surface area contributed by atoms with Crippen molar-refractivity contribution in [2.45, 2.75) is 37.1 Å². The minimum Gasteiger partial charge on any atom is -0.464 e. The molecule has 2 aliphatic rings. The molecule has 1 saturated carbocycles. The number of hydrogen-bond donors (Lipinski definition) is 1. The first-order valence-corrected chi connectivity index (χ1v) is 10.9.